The molecule has 1 atom stereocenters. The predicted octanol–water partition coefficient (Wildman–Crippen LogP) is 1.35. The highest BCUT2D eigenvalue weighted by atomic mass is 79.9. The molecule has 0 aliphatic carbocycles. The number of hydrogen-bond acceptors (Lipinski definition) is 3. The maximum atomic E-state index is 11.7. The molecule has 16 heavy (non-hydrogen) atoms. The molecule has 2 N–H and O–H groups in total. The Balaban J connectivity index is 2.45. The summed E-state index contributed by atoms with van der Waals surface area (Å²) in [4.78, 5) is 24.5. The van der Waals surface area contributed by atoms with Crippen molar-refractivity contribution in [2.24, 2.45) is 5.73 Å². The summed E-state index contributed by atoms with van der Waals surface area (Å²) in [5.41, 5.74) is 7.17. The van der Waals surface area contributed by atoms with Crippen molar-refractivity contribution in [2.45, 2.75) is 19.4 Å². The van der Waals surface area contributed by atoms with Crippen molar-refractivity contribution in [1.29, 1.82) is 0 Å². The molecule has 0 radical (unpaired) electrons. The third-order valence-corrected chi connectivity index (χ3v) is 3.16. The molecule has 2 rings (SSSR count). The van der Waals surface area contributed by atoms with E-state index in [0.717, 1.165) is 14.9 Å². The minimum Gasteiger partial charge on any atom is -0.319 e. The van der Waals surface area contributed by atoms with Gasteiger partial charge in [-0.1, -0.05) is 6.07 Å². The van der Waals surface area contributed by atoms with Gasteiger partial charge in [0.15, 0.2) is 0 Å². The van der Waals surface area contributed by atoms with Crippen LogP contribution in [0.5, 0.6) is 0 Å². The van der Waals surface area contributed by atoms with E-state index < -0.39 is 6.04 Å². The molecule has 1 aliphatic rings. The summed E-state index contributed by atoms with van der Waals surface area (Å²) < 4.78 is 0.725. The molecule has 0 bridgehead atoms. The van der Waals surface area contributed by atoms with E-state index in [2.05, 4.69) is 15.9 Å². The number of carbonyl (C=O) groups excluding carboxylic acids is 2. The van der Waals surface area contributed by atoms with Gasteiger partial charge in [0.1, 0.15) is 0 Å². The van der Waals surface area contributed by atoms with Gasteiger partial charge in [0.25, 0.3) is 5.91 Å². The number of amides is 2. The molecule has 1 heterocycles. The number of nitrogens with two attached hydrogens (primary N) is 1. The second kappa shape index (κ2) is 3.99. The average Bonchev–Trinajstić information content (AvgIpc) is 2.43. The number of rotatable bonds is 1. The molecule has 2 amide bonds. The summed E-state index contributed by atoms with van der Waals surface area (Å²) in [6.45, 7) is 1.94. The van der Waals surface area contributed by atoms with Crippen molar-refractivity contribution >= 4 is 33.4 Å². The van der Waals surface area contributed by atoms with E-state index >= 15 is 0 Å². The first-order chi connectivity index (χ1) is 7.50. The largest absolute Gasteiger partial charge is 0.319 e. The maximum Gasteiger partial charge on any atom is 0.251 e. The van der Waals surface area contributed by atoms with Crippen LogP contribution in [0, 0.1) is 6.92 Å². The van der Waals surface area contributed by atoms with Crippen LogP contribution in [0.2, 0.25) is 0 Å². The predicted molar refractivity (Wildman–Crippen MR) is 64.0 cm³/mol. The van der Waals surface area contributed by atoms with Crippen LogP contribution in [0.25, 0.3) is 0 Å². The fourth-order valence-electron chi connectivity index (χ4n) is 1.70. The molecular weight excluding hydrogens is 272 g/mol. The number of anilines is 1. The van der Waals surface area contributed by atoms with Gasteiger partial charge in [-0.15, -0.1) is 0 Å². The third-order valence-electron chi connectivity index (χ3n) is 2.53. The Morgan fingerprint density at radius 3 is 2.62 bits per heavy atom. The zero-order valence-electron chi connectivity index (χ0n) is 8.74. The lowest BCUT2D eigenvalue weighted by molar-refractivity contribution is -0.121. The van der Waals surface area contributed by atoms with Gasteiger partial charge in [-0.25, -0.2) is 4.90 Å². The fourth-order valence-corrected chi connectivity index (χ4v) is 2.37. The molecule has 1 saturated heterocycles. The Hall–Kier alpha value is -1.20. The van der Waals surface area contributed by atoms with Crippen LogP contribution < -0.4 is 10.6 Å². The molecule has 5 heteroatoms. The lowest BCUT2D eigenvalue weighted by atomic mass is 10.2. The van der Waals surface area contributed by atoms with Gasteiger partial charge in [0, 0.05) is 4.47 Å². The van der Waals surface area contributed by atoms with E-state index in [4.69, 9.17) is 5.73 Å². The number of hydrogen-bond donors (Lipinski definition) is 1. The first-order valence-electron chi connectivity index (χ1n) is 4.89. The van der Waals surface area contributed by atoms with Gasteiger partial charge in [-0.3, -0.25) is 9.59 Å². The van der Waals surface area contributed by atoms with Gasteiger partial charge in [0.05, 0.1) is 18.2 Å². The third kappa shape index (κ3) is 1.76. The van der Waals surface area contributed by atoms with Gasteiger partial charge in [-0.05, 0) is 40.5 Å². The molecule has 1 aromatic rings. The molecule has 1 aromatic carbocycles. The van der Waals surface area contributed by atoms with Crippen LogP contribution in [0.1, 0.15) is 12.0 Å². The van der Waals surface area contributed by atoms with Crippen LogP contribution >= 0.6 is 15.9 Å². The molecule has 0 spiro atoms. The Bertz CT molecular complexity index is 473. The highest BCUT2D eigenvalue weighted by Gasteiger charge is 2.37. The normalized spacial score (nSPS) is 20.7. The summed E-state index contributed by atoms with van der Waals surface area (Å²) in [6, 6.07) is 4.75. The van der Waals surface area contributed by atoms with E-state index in [9.17, 15) is 9.59 Å². The molecule has 1 fully saturated rings. The number of aryl methyl sites for hydroxylation is 1. The van der Waals surface area contributed by atoms with E-state index in [1.807, 2.05) is 19.1 Å². The molecule has 1 unspecified atom stereocenters. The van der Waals surface area contributed by atoms with Gasteiger partial charge < -0.3 is 5.73 Å². The molecule has 84 valence electrons. The molecule has 0 saturated carbocycles. The van der Waals surface area contributed by atoms with Crippen LogP contribution in [0.4, 0.5) is 5.69 Å². The first-order valence-corrected chi connectivity index (χ1v) is 5.68. The Kier molecular flexibility index (Phi) is 2.82. The van der Waals surface area contributed by atoms with Crippen molar-refractivity contribution in [3.8, 4) is 0 Å². The van der Waals surface area contributed by atoms with Crippen molar-refractivity contribution in [1.82, 2.24) is 0 Å². The van der Waals surface area contributed by atoms with Crippen LogP contribution in [0.3, 0.4) is 0 Å². The second-order valence-corrected chi connectivity index (χ2v) is 4.69. The summed E-state index contributed by atoms with van der Waals surface area (Å²) in [5, 5.41) is 0. The summed E-state index contributed by atoms with van der Waals surface area (Å²) in [6.07, 6.45) is 0.0825. The van der Waals surface area contributed by atoms with Crippen molar-refractivity contribution in [3.63, 3.8) is 0 Å². The highest BCUT2D eigenvalue weighted by Crippen LogP contribution is 2.30. The standard InChI is InChI=1S/C11H11BrN2O2/c1-6-2-3-9(7(12)4-6)14-10(15)5-8(13)11(14)16/h2-4,8H,5,13H2,1H3. The first kappa shape index (κ1) is 11.3. The van der Waals surface area contributed by atoms with E-state index in [1.165, 1.54) is 0 Å². The molecule has 0 aromatic heterocycles. The zero-order valence-corrected chi connectivity index (χ0v) is 10.3. The molecule has 1 aliphatic heterocycles. The molecule has 4 nitrogen and oxygen atoms in total. The minimum absolute atomic E-state index is 0.0825. The zero-order chi connectivity index (χ0) is 11.9. The van der Waals surface area contributed by atoms with E-state index in [-0.39, 0.29) is 18.2 Å². The highest BCUT2D eigenvalue weighted by molar-refractivity contribution is 9.10. The lowest BCUT2D eigenvalue weighted by Gasteiger charge is -2.16. The second-order valence-electron chi connectivity index (χ2n) is 3.83. The fraction of sp³-hybridized carbons (Fsp3) is 0.273. The number of halogens is 1. The number of carbonyl (C=O) groups is 2. The number of benzene rings is 1. The topological polar surface area (TPSA) is 63.4 Å². The minimum atomic E-state index is -0.708. The van der Waals surface area contributed by atoms with E-state index in [0.29, 0.717) is 5.69 Å². The lowest BCUT2D eigenvalue weighted by Crippen LogP contribution is -2.35. The average molecular weight is 283 g/mol. The SMILES string of the molecule is Cc1ccc(N2C(=O)CC(N)C2=O)c(Br)c1. The van der Waals surface area contributed by atoms with Gasteiger partial charge >= 0.3 is 0 Å². The number of nitrogens with zero attached hydrogens (tertiary/aromatic N) is 1. The molecular formula is C11H11BrN2O2. The van der Waals surface area contributed by atoms with E-state index in [1.54, 1.807) is 6.07 Å². The summed E-state index contributed by atoms with van der Waals surface area (Å²) in [5.74, 6) is -0.586. The van der Waals surface area contributed by atoms with Crippen molar-refractivity contribution in [2.75, 3.05) is 4.90 Å². The van der Waals surface area contributed by atoms with Crippen molar-refractivity contribution < 1.29 is 9.59 Å². The monoisotopic (exact) mass is 282 g/mol. The van der Waals surface area contributed by atoms with Crippen LogP contribution in [-0.2, 0) is 9.59 Å². The summed E-state index contributed by atoms with van der Waals surface area (Å²) >= 11 is 3.35. The van der Waals surface area contributed by atoms with Crippen molar-refractivity contribution in [3.05, 3.63) is 28.2 Å². The van der Waals surface area contributed by atoms with Crippen LogP contribution in [-0.4, -0.2) is 17.9 Å². The smallest absolute Gasteiger partial charge is 0.251 e. The summed E-state index contributed by atoms with van der Waals surface area (Å²) in [7, 11) is 0. The number of imide groups is 1. The Labute approximate surface area is 102 Å². The van der Waals surface area contributed by atoms with Crippen LogP contribution in [0.15, 0.2) is 22.7 Å². The van der Waals surface area contributed by atoms with Gasteiger partial charge in [-0.2, -0.15) is 0 Å². The Morgan fingerprint density at radius 1 is 1.44 bits per heavy atom. The quantitative estimate of drug-likeness (QED) is 0.791. The Morgan fingerprint density at radius 2 is 2.12 bits per heavy atom. The maximum absolute atomic E-state index is 11.7. The van der Waals surface area contributed by atoms with Gasteiger partial charge in [0.2, 0.25) is 5.91 Å².